The van der Waals surface area contributed by atoms with E-state index in [1.165, 1.54) is 29.7 Å². The van der Waals surface area contributed by atoms with Crippen molar-refractivity contribution < 1.29 is 13.9 Å². The summed E-state index contributed by atoms with van der Waals surface area (Å²) in [5, 5.41) is 9.76. The van der Waals surface area contributed by atoms with Crippen LogP contribution in [0.4, 0.5) is 8.78 Å². The Morgan fingerprint density at radius 1 is 1.38 bits per heavy atom. The van der Waals surface area contributed by atoms with Gasteiger partial charge in [0.25, 0.3) is 0 Å². The molecule has 0 aliphatic carbocycles. The SMILES string of the molecule is OC(Cc1cccc(F)c1F)c1cncs1. The number of hydrogen-bond donors (Lipinski definition) is 1. The van der Waals surface area contributed by atoms with Gasteiger partial charge in [-0.2, -0.15) is 0 Å². The van der Waals surface area contributed by atoms with Crippen molar-refractivity contribution in [3.05, 3.63) is 52.0 Å². The standard InChI is InChI=1S/C11H9F2NOS/c12-8-3-1-2-7(11(8)13)4-9(15)10-5-14-6-16-10/h1-3,5-6,9,15H,4H2. The van der Waals surface area contributed by atoms with Gasteiger partial charge in [-0.1, -0.05) is 12.1 Å². The van der Waals surface area contributed by atoms with E-state index in [-0.39, 0.29) is 12.0 Å². The van der Waals surface area contributed by atoms with Gasteiger partial charge in [0.2, 0.25) is 0 Å². The van der Waals surface area contributed by atoms with E-state index in [4.69, 9.17) is 0 Å². The molecule has 2 aromatic rings. The van der Waals surface area contributed by atoms with E-state index >= 15 is 0 Å². The highest BCUT2D eigenvalue weighted by molar-refractivity contribution is 7.09. The highest BCUT2D eigenvalue weighted by Gasteiger charge is 2.14. The predicted molar refractivity (Wildman–Crippen MR) is 57.1 cm³/mol. The van der Waals surface area contributed by atoms with Crippen molar-refractivity contribution in [3.63, 3.8) is 0 Å². The molecular formula is C11H9F2NOS. The van der Waals surface area contributed by atoms with Gasteiger partial charge in [0, 0.05) is 12.6 Å². The number of aromatic nitrogens is 1. The van der Waals surface area contributed by atoms with Gasteiger partial charge in [0.1, 0.15) is 0 Å². The summed E-state index contributed by atoms with van der Waals surface area (Å²) in [6.07, 6.45) is 0.724. The van der Waals surface area contributed by atoms with Crippen LogP contribution in [0.3, 0.4) is 0 Å². The summed E-state index contributed by atoms with van der Waals surface area (Å²) >= 11 is 1.28. The fourth-order valence-corrected chi connectivity index (χ4v) is 2.01. The van der Waals surface area contributed by atoms with Gasteiger partial charge in [-0.15, -0.1) is 11.3 Å². The van der Waals surface area contributed by atoms with Gasteiger partial charge in [0.05, 0.1) is 16.5 Å². The second-order valence-electron chi connectivity index (χ2n) is 3.34. The van der Waals surface area contributed by atoms with E-state index in [1.54, 1.807) is 5.51 Å². The minimum Gasteiger partial charge on any atom is -0.387 e. The number of aliphatic hydroxyl groups excluding tert-OH is 1. The van der Waals surface area contributed by atoms with Crippen molar-refractivity contribution in [2.75, 3.05) is 0 Å². The summed E-state index contributed by atoms with van der Waals surface area (Å²) in [5.74, 6) is -1.79. The molecule has 0 aliphatic heterocycles. The van der Waals surface area contributed by atoms with Gasteiger partial charge < -0.3 is 5.11 Å². The quantitative estimate of drug-likeness (QED) is 0.896. The molecule has 84 valence electrons. The molecule has 1 aromatic carbocycles. The molecule has 1 unspecified atom stereocenters. The van der Waals surface area contributed by atoms with Gasteiger partial charge in [0.15, 0.2) is 11.6 Å². The Bertz CT molecular complexity index is 473. The van der Waals surface area contributed by atoms with Crippen LogP contribution >= 0.6 is 11.3 Å². The maximum absolute atomic E-state index is 13.3. The molecule has 0 saturated heterocycles. The molecule has 1 atom stereocenters. The van der Waals surface area contributed by atoms with E-state index in [0.717, 1.165) is 6.07 Å². The monoisotopic (exact) mass is 241 g/mol. The first-order chi connectivity index (χ1) is 7.68. The Morgan fingerprint density at radius 2 is 2.19 bits per heavy atom. The Kier molecular flexibility index (Phi) is 3.26. The van der Waals surface area contributed by atoms with Crippen molar-refractivity contribution in [1.29, 1.82) is 0 Å². The van der Waals surface area contributed by atoms with Crippen LogP contribution in [0.5, 0.6) is 0 Å². The molecule has 0 spiro atoms. The third kappa shape index (κ3) is 2.25. The molecule has 1 heterocycles. The maximum atomic E-state index is 13.3. The summed E-state index contributed by atoms with van der Waals surface area (Å²) in [6, 6.07) is 3.94. The summed E-state index contributed by atoms with van der Waals surface area (Å²) < 4.78 is 26.2. The zero-order chi connectivity index (χ0) is 11.5. The van der Waals surface area contributed by atoms with Gasteiger partial charge in [-0.3, -0.25) is 4.98 Å². The Hall–Kier alpha value is -1.33. The molecule has 0 bridgehead atoms. The van der Waals surface area contributed by atoms with Gasteiger partial charge in [-0.05, 0) is 11.6 Å². The number of rotatable bonds is 3. The summed E-state index contributed by atoms with van der Waals surface area (Å²) in [7, 11) is 0. The van der Waals surface area contributed by atoms with Crippen molar-refractivity contribution in [3.8, 4) is 0 Å². The number of benzene rings is 1. The summed E-state index contributed by atoms with van der Waals surface area (Å²) in [5.41, 5.74) is 1.75. The third-order valence-electron chi connectivity index (χ3n) is 2.22. The van der Waals surface area contributed by atoms with E-state index in [0.29, 0.717) is 4.88 Å². The van der Waals surface area contributed by atoms with Crippen molar-refractivity contribution in [2.45, 2.75) is 12.5 Å². The van der Waals surface area contributed by atoms with Crippen LogP contribution in [-0.4, -0.2) is 10.1 Å². The van der Waals surface area contributed by atoms with Crippen LogP contribution < -0.4 is 0 Å². The molecule has 0 saturated carbocycles. The molecule has 0 fully saturated rings. The molecule has 2 rings (SSSR count). The minimum absolute atomic E-state index is 0.0474. The number of hydrogen-bond acceptors (Lipinski definition) is 3. The van der Waals surface area contributed by atoms with Crippen molar-refractivity contribution in [2.24, 2.45) is 0 Å². The number of thiazole rings is 1. The second kappa shape index (κ2) is 4.67. The van der Waals surface area contributed by atoms with Crippen LogP contribution in [0.2, 0.25) is 0 Å². The predicted octanol–water partition coefficient (Wildman–Crippen LogP) is 2.70. The van der Waals surface area contributed by atoms with Gasteiger partial charge >= 0.3 is 0 Å². The van der Waals surface area contributed by atoms with Crippen molar-refractivity contribution >= 4 is 11.3 Å². The number of nitrogens with zero attached hydrogens (tertiary/aromatic N) is 1. The van der Waals surface area contributed by atoms with E-state index in [9.17, 15) is 13.9 Å². The summed E-state index contributed by atoms with van der Waals surface area (Å²) in [4.78, 5) is 4.46. The van der Waals surface area contributed by atoms with Crippen LogP contribution in [0.1, 0.15) is 16.5 Å². The van der Waals surface area contributed by atoms with Crippen LogP contribution in [-0.2, 0) is 6.42 Å². The second-order valence-corrected chi connectivity index (χ2v) is 4.25. The molecular weight excluding hydrogens is 232 g/mol. The molecule has 0 amide bonds. The largest absolute Gasteiger partial charge is 0.387 e. The smallest absolute Gasteiger partial charge is 0.162 e. The first-order valence-corrected chi connectivity index (χ1v) is 5.56. The molecule has 2 nitrogen and oxygen atoms in total. The van der Waals surface area contributed by atoms with Crippen molar-refractivity contribution in [1.82, 2.24) is 4.98 Å². The average Bonchev–Trinajstić information content (AvgIpc) is 2.78. The first-order valence-electron chi connectivity index (χ1n) is 4.68. The van der Waals surface area contributed by atoms with Crippen LogP contribution in [0.15, 0.2) is 29.9 Å². The lowest BCUT2D eigenvalue weighted by Gasteiger charge is -2.08. The van der Waals surface area contributed by atoms with Crippen LogP contribution in [0.25, 0.3) is 0 Å². The molecule has 1 N–H and O–H groups in total. The Morgan fingerprint density at radius 3 is 2.88 bits per heavy atom. The lowest BCUT2D eigenvalue weighted by atomic mass is 10.1. The molecule has 0 radical (unpaired) electrons. The van der Waals surface area contributed by atoms with E-state index < -0.39 is 17.7 Å². The Balaban J connectivity index is 2.18. The van der Waals surface area contributed by atoms with E-state index in [1.807, 2.05) is 0 Å². The number of halogens is 2. The molecule has 0 aliphatic rings. The molecule has 1 aromatic heterocycles. The normalized spacial score (nSPS) is 12.7. The lowest BCUT2D eigenvalue weighted by molar-refractivity contribution is 0.180. The topological polar surface area (TPSA) is 33.1 Å². The first kappa shape index (κ1) is 11.2. The third-order valence-corrected chi connectivity index (χ3v) is 3.10. The van der Waals surface area contributed by atoms with E-state index in [2.05, 4.69) is 4.98 Å². The highest BCUT2D eigenvalue weighted by Crippen LogP contribution is 2.23. The Labute approximate surface area is 95.2 Å². The zero-order valence-corrected chi connectivity index (χ0v) is 9.05. The highest BCUT2D eigenvalue weighted by atomic mass is 32.1. The zero-order valence-electron chi connectivity index (χ0n) is 8.23. The lowest BCUT2D eigenvalue weighted by Crippen LogP contribution is -2.03. The molecule has 16 heavy (non-hydrogen) atoms. The average molecular weight is 241 g/mol. The van der Waals surface area contributed by atoms with Crippen LogP contribution in [0, 0.1) is 11.6 Å². The fraction of sp³-hybridized carbons (Fsp3) is 0.182. The fourth-order valence-electron chi connectivity index (χ4n) is 1.41. The molecule has 5 heteroatoms. The summed E-state index contributed by atoms with van der Waals surface area (Å²) in [6.45, 7) is 0. The van der Waals surface area contributed by atoms with Gasteiger partial charge in [-0.25, -0.2) is 8.78 Å². The maximum Gasteiger partial charge on any atom is 0.162 e. The number of aliphatic hydroxyl groups is 1. The minimum atomic E-state index is -0.897.